The molecule has 0 aromatic carbocycles. The molecule has 0 saturated heterocycles. The third-order valence-corrected chi connectivity index (χ3v) is 3.07. The fourth-order valence-electron chi connectivity index (χ4n) is 1.91. The van der Waals surface area contributed by atoms with E-state index in [2.05, 4.69) is 37.2 Å². The summed E-state index contributed by atoms with van der Waals surface area (Å²) in [7, 11) is 0. The van der Waals surface area contributed by atoms with Gasteiger partial charge in [0.2, 0.25) is 0 Å². The van der Waals surface area contributed by atoms with Crippen molar-refractivity contribution in [2.24, 2.45) is 10.4 Å². The number of rotatable bonds is 4. The second kappa shape index (κ2) is 4.45. The molecule has 13 heavy (non-hydrogen) atoms. The average Bonchev–Trinajstić information content (AvgIpc) is 2.19. The lowest BCUT2D eigenvalue weighted by Crippen LogP contribution is -2.42. The summed E-state index contributed by atoms with van der Waals surface area (Å²) in [6.07, 6.45) is 9.57. The predicted molar refractivity (Wildman–Crippen MR) is 57.9 cm³/mol. The molecule has 0 aliphatic carbocycles. The Morgan fingerprint density at radius 2 is 2.23 bits per heavy atom. The fourth-order valence-corrected chi connectivity index (χ4v) is 1.91. The highest BCUT2D eigenvalue weighted by Crippen LogP contribution is 2.32. The molecule has 1 N–H and O–H groups in total. The van der Waals surface area contributed by atoms with Crippen LogP contribution in [0.15, 0.2) is 17.3 Å². The summed E-state index contributed by atoms with van der Waals surface area (Å²) in [5.74, 6) is 0. The summed E-state index contributed by atoms with van der Waals surface area (Å²) in [6.45, 7) is 6.85. The maximum absolute atomic E-state index is 4.02. The van der Waals surface area contributed by atoms with Gasteiger partial charge in [-0.15, -0.1) is 0 Å². The smallest absolute Gasteiger partial charge is 0.0883 e. The van der Waals surface area contributed by atoms with E-state index in [0.717, 1.165) is 0 Å². The lowest BCUT2D eigenvalue weighted by atomic mass is 9.76. The number of aliphatic imine (C=N–C) groups is 1. The van der Waals surface area contributed by atoms with Gasteiger partial charge in [0.15, 0.2) is 0 Å². The van der Waals surface area contributed by atoms with Crippen LogP contribution in [0.3, 0.4) is 0 Å². The molecule has 0 spiro atoms. The van der Waals surface area contributed by atoms with Gasteiger partial charge < -0.3 is 5.32 Å². The van der Waals surface area contributed by atoms with Crippen LogP contribution in [-0.2, 0) is 0 Å². The van der Waals surface area contributed by atoms with Gasteiger partial charge in [0.25, 0.3) is 0 Å². The third-order valence-electron chi connectivity index (χ3n) is 3.07. The SMILES string of the molecule is CCCC(C)(CC)C1C=CN=CN1. The number of hydrogen-bond donors (Lipinski definition) is 1. The quantitative estimate of drug-likeness (QED) is 0.706. The summed E-state index contributed by atoms with van der Waals surface area (Å²) in [5.41, 5.74) is 0.373. The van der Waals surface area contributed by atoms with Crippen molar-refractivity contribution < 1.29 is 0 Å². The van der Waals surface area contributed by atoms with E-state index in [1.165, 1.54) is 19.3 Å². The van der Waals surface area contributed by atoms with Crippen LogP contribution in [0, 0.1) is 5.41 Å². The third kappa shape index (κ3) is 2.33. The molecule has 2 heteroatoms. The topological polar surface area (TPSA) is 24.4 Å². The molecule has 1 aliphatic rings. The molecule has 2 atom stereocenters. The van der Waals surface area contributed by atoms with E-state index in [1.807, 2.05) is 6.20 Å². The van der Waals surface area contributed by atoms with Crippen molar-refractivity contribution in [1.29, 1.82) is 0 Å². The van der Waals surface area contributed by atoms with Crippen LogP contribution in [0.1, 0.15) is 40.0 Å². The molecule has 0 bridgehead atoms. The van der Waals surface area contributed by atoms with E-state index in [9.17, 15) is 0 Å². The van der Waals surface area contributed by atoms with Gasteiger partial charge in [0, 0.05) is 6.20 Å². The van der Waals surface area contributed by atoms with Gasteiger partial charge in [0.05, 0.1) is 12.4 Å². The highest BCUT2D eigenvalue weighted by molar-refractivity contribution is 5.58. The Morgan fingerprint density at radius 3 is 2.69 bits per heavy atom. The van der Waals surface area contributed by atoms with Crippen LogP contribution < -0.4 is 5.32 Å². The summed E-state index contributed by atoms with van der Waals surface area (Å²) < 4.78 is 0. The molecule has 0 fully saturated rings. The Hall–Kier alpha value is -0.790. The van der Waals surface area contributed by atoms with Crippen LogP contribution in [0.25, 0.3) is 0 Å². The van der Waals surface area contributed by atoms with Gasteiger partial charge in [-0.1, -0.05) is 27.2 Å². The molecule has 0 aromatic heterocycles. The zero-order valence-electron chi connectivity index (χ0n) is 8.88. The first-order valence-corrected chi connectivity index (χ1v) is 5.17. The fraction of sp³-hybridized carbons (Fsp3) is 0.727. The Labute approximate surface area is 81.1 Å². The molecule has 1 aliphatic heterocycles. The Bertz CT molecular complexity index is 208. The molecule has 0 radical (unpaired) electrons. The monoisotopic (exact) mass is 180 g/mol. The normalized spacial score (nSPS) is 25.3. The summed E-state index contributed by atoms with van der Waals surface area (Å²) in [5, 5.41) is 3.32. The summed E-state index contributed by atoms with van der Waals surface area (Å²) in [6, 6.07) is 0.454. The molecule has 2 nitrogen and oxygen atoms in total. The van der Waals surface area contributed by atoms with E-state index in [0.29, 0.717) is 11.5 Å². The van der Waals surface area contributed by atoms with Crippen molar-refractivity contribution in [1.82, 2.24) is 5.32 Å². The largest absolute Gasteiger partial charge is 0.369 e. The van der Waals surface area contributed by atoms with E-state index < -0.39 is 0 Å². The van der Waals surface area contributed by atoms with Crippen LogP contribution in [-0.4, -0.2) is 12.4 Å². The summed E-state index contributed by atoms with van der Waals surface area (Å²) >= 11 is 0. The maximum Gasteiger partial charge on any atom is 0.0883 e. The van der Waals surface area contributed by atoms with Gasteiger partial charge >= 0.3 is 0 Å². The van der Waals surface area contributed by atoms with Crippen molar-refractivity contribution >= 4 is 6.34 Å². The zero-order chi connectivity index (χ0) is 9.73. The van der Waals surface area contributed by atoms with Gasteiger partial charge in [0.1, 0.15) is 0 Å². The van der Waals surface area contributed by atoms with Crippen molar-refractivity contribution in [3.05, 3.63) is 12.3 Å². The average molecular weight is 180 g/mol. The molecular formula is C11H20N2. The molecule has 0 saturated carbocycles. The Kier molecular flexibility index (Phi) is 3.52. The maximum atomic E-state index is 4.02. The van der Waals surface area contributed by atoms with E-state index in [-0.39, 0.29) is 0 Å². The van der Waals surface area contributed by atoms with Crippen LogP contribution in [0.5, 0.6) is 0 Å². The second-order valence-corrected chi connectivity index (χ2v) is 4.02. The Balaban J connectivity index is 2.64. The van der Waals surface area contributed by atoms with Gasteiger partial charge in [-0.25, -0.2) is 4.99 Å². The lowest BCUT2D eigenvalue weighted by Gasteiger charge is -2.36. The predicted octanol–water partition coefficient (Wildman–Crippen LogP) is 2.72. The second-order valence-electron chi connectivity index (χ2n) is 4.02. The van der Waals surface area contributed by atoms with Gasteiger partial charge in [-0.3, -0.25) is 0 Å². The molecule has 74 valence electrons. The van der Waals surface area contributed by atoms with E-state index >= 15 is 0 Å². The van der Waals surface area contributed by atoms with Crippen LogP contribution in [0.2, 0.25) is 0 Å². The van der Waals surface area contributed by atoms with Crippen molar-refractivity contribution in [2.75, 3.05) is 0 Å². The van der Waals surface area contributed by atoms with Gasteiger partial charge in [-0.05, 0) is 24.3 Å². The standard InChI is InChI=1S/C11H20N2/c1-4-7-11(3,5-2)10-6-8-12-9-13-10/h6,8-10H,4-5,7H2,1-3H3,(H,12,13). The molecule has 1 heterocycles. The number of nitrogens with zero attached hydrogens (tertiary/aromatic N) is 1. The highest BCUT2D eigenvalue weighted by atomic mass is 15.0. The van der Waals surface area contributed by atoms with E-state index in [4.69, 9.17) is 0 Å². The van der Waals surface area contributed by atoms with Crippen LogP contribution in [0.4, 0.5) is 0 Å². The highest BCUT2D eigenvalue weighted by Gasteiger charge is 2.29. The summed E-state index contributed by atoms with van der Waals surface area (Å²) in [4.78, 5) is 4.02. The van der Waals surface area contributed by atoms with Crippen molar-refractivity contribution in [3.63, 3.8) is 0 Å². The number of nitrogens with one attached hydrogen (secondary N) is 1. The first-order valence-electron chi connectivity index (χ1n) is 5.17. The van der Waals surface area contributed by atoms with Crippen LogP contribution >= 0.6 is 0 Å². The first kappa shape index (κ1) is 10.3. The number of hydrogen-bond acceptors (Lipinski definition) is 2. The first-order chi connectivity index (χ1) is 6.23. The minimum Gasteiger partial charge on any atom is -0.369 e. The van der Waals surface area contributed by atoms with E-state index in [1.54, 1.807) is 6.34 Å². The minimum absolute atomic E-state index is 0.373. The lowest BCUT2D eigenvalue weighted by molar-refractivity contribution is 0.235. The molecule has 0 aromatic rings. The molecule has 0 amide bonds. The van der Waals surface area contributed by atoms with Crippen molar-refractivity contribution in [2.45, 2.75) is 46.1 Å². The molecule has 2 unspecified atom stereocenters. The molecule has 1 rings (SSSR count). The molecular weight excluding hydrogens is 160 g/mol. The Morgan fingerprint density at radius 1 is 1.46 bits per heavy atom. The van der Waals surface area contributed by atoms with Crippen molar-refractivity contribution in [3.8, 4) is 0 Å². The van der Waals surface area contributed by atoms with Gasteiger partial charge in [-0.2, -0.15) is 0 Å². The zero-order valence-corrected chi connectivity index (χ0v) is 8.88. The minimum atomic E-state index is 0.373.